The Morgan fingerprint density at radius 2 is 1.97 bits per heavy atom. The van der Waals surface area contributed by atoms with E-state index >= 15 is 4.39 Å². The maximum Gasteiger partial charge on any atom is 0.306 e. The fourth-order valence-electron chi connectivity index (χ4n) is 8.07. The molecule has 0 aliphatic heterocycles. The number of fused-ring (bicyclic) bond motifs is 5. The van der Waals surface area contributed by atoms with Crippen LogP contribution in [0.5, 0.6) is 0 Å². The maximum atomic E-state index is 17.3. The normalized spacial score (nSPS) is 45.1. The Hall–Kier alpha value is -1.86. The molecule has 4 aliphatic carbocycles. The van der Waals surface area contributed by atoms with Gasteiger partial charge in [0, 0.05) is 29.1 Å². The largest absolute Gasteiger partial charge is 0.450 e. The number of allylic oxidation sites excluding steroid dienone is 4. The zero-order valence-corrected chi connectivity index (χ0v) is 20.6. The Morgan fingerprint density at radius 1 is 1.26 bits per heavy atom. The SMILES string of the molecule is CCCCC(=O)O[C@]1(C(=O)CO)[C@H](C)C[C@@H]2[C@@H]3CCC4=CC(=O)C=C[C@]4(C)[C@@]3(F)[C@@H](O)C[C@@]21C. The first-order chi connectivity index (χ1) is 15.9. The molecule has 4 rings (SSSR count). The highest BCUT2D eigenvalue weighted by Gasteiger charge is 2.77. The van der Waals surface area contributed by atoms with E-state index in [0.717, 1.165) is 6.42 Å². The molecule has 0 unspecified atom stereocenters. The first kappa shape index (κ1) is 25.2. The Morgan fingerprint density at radius 3 is 2.62 bits per heavy atom. The number of unbranched alkanes of at least 4 members (excludes halogenated alkanes) is 1. The molecule has 6 nitrogen and oxygen atoms in total. The third-order valence-electron chi connectivity index (χ3n) is 9.75. The van der Waals surface area contributed by atoms with E-state index in [1.807, 2.05) is 20.8 Å². The number of hydrogen-bond donors (Lipinski definition) is 2. The van der Waals surface area contributed by atoms with Crippen molar-refractivity contribution in [1.29, 1.82) is 0 Å². The molecule has 2 N–H and O–H groups in total. The second-order valence-electron chi connectivity index (χ2n) is 11.3. The highest BCUT2D eigenvalue weighted by Crippen LogP contribution is 2.71. The van der Waals surface area contributed by atoms with Crippen molar-refractivity contribution in [2.45, 2.75) is 90.0 Å². The molecule has 7 heteroatoms. The Labute approximate surface area is 200 Å². The molecule has 0 aromatic rings. The fourth-order valence-corrected chi connectivity index (χ4v) is 8.07. The van der Waals surface area contributed by atoms with Crippen LogP contribution in [0.3, 0.4) is 0 Å². The molecule has 0 radical (unpaired) electrons. The Bertz CT molecular complexity index is 957. The van der Waals surface area contributed by atoms with Crippen molar-refractivity contribution in [2.75, 3.05) is 6.61 Å². The van der Waals surface area contributed by atoms with Gasteiger partial charge in [-0.3, -0.25) is 14.4 Å². The molecule has 0 heterocycles. The van der Waals surface area contributed by atoms with Gasteiger partial charge in [-0.2, -0.15) is 0 Å². The van der Waals surface area contributed by atoms with Crippen molar-refractivity contribution in [3.8, 4) is 0 Å². The minimum Gasteiger partial charge on any atom is -0.450 e. The van der Waals surface area contributed by atoms with E-state index in [0.29, 0.717) is 31.3 Å². The predicted octanol–water partition coefficient (Wildman–Crippen LogP) is 3.64. The number of aliphatic hydroxyl groups excluding tert-OH is 2. The third kappa shape index (κ3) is 3.08. The van der Waals surface area contributed by atoms with E-state index in [1.165, 1.54) is 12.2 Å². The van der Waals surface area contributed by atoms with Crippen molar-refractivity contribution in [2.24, 2.45) is 28.6 Å². The number of aliphatic hydroxyl groups is 2. The first-order valence-corrected chi connectivity index (χ1v) is 12.6. The standard InChI is InChI=1S/C27H37FO6/c1-5-6-7-23(33)34-27(22(32)15-29)16(2)12-20-19-9-8-17-13-18(30)10-11-24(17,3)26(19,28)21(31)14-25(20,27)4/h10-11,13,16,19-21,29,31H,5-9,12,14-15H2,1-4H3/t16-,19+,20-,21+,24+,25+,26+,27+/m1/s1. The van der Waals surface area contributed by atoms with Gasteiger partial charge >= 0.3 is 5.97 Å². The van der Waals surface area contributed by atoms with Crippen LogP contribution in [-0.4, -0.2) is 51.7 Å². The molecule has 0 saturated heterocycles. The van der Waals surface area contributed by atoms with Crippen molar-refractivity contribution in [3.63, 3.8) is 0 Å². The van der Waals surface area contributed by atoms with Crippen LogP contribution in [0.4, 0.5) is 4.39 Å². The fraction of sp³-hybridized carbons (Fsp3) is 0.741. The van der Waals surface area contributed by atoms with Gasteiger partial charge in [-0.05, 0) is 57.1 Å². The number of halogens is 1. The van der Waals surface area contributed by atoms with Gasteiger partial charge in [0.15, 0.2) is 17.1 Å². The Kier molecular flexibility index (Phi) is 6.21. The molecule has 0 aromatic heterocycles. The average Bonchev–Trinajstić information content (AvgIpc) is 3.00. The zero-order chi connectivity index (χ0) is 25.1. The van der Waals surface area contributed by atoms with Crippen molar-refractivity contribution >= 4 is 17.5 Å². The molecular weight excluding hydrogens is 439 g/mol. The number of Topliss-reactive ketones (excluding diaryl/α,β-unsaturated/α-hetero) is 1. The summed E-state index contributed by atoms with van der Waals surface area (Å²) in [7, 11) is 0. The quantitative estimate of drug-likeness (QED) is 0.568. The molecule has 0 aromatic carbocycles. The van der Waals surface area contributed by atoms with Gasteiger partial charge in [0.1, 0.15) is 6.61 Å². The van der Waals surface area contributed by atoms with Crippen LogP contribution in [0.15, 0.2) is 23.8 Å². The number of carbonyl (C=O) groups excluding carboxylic acids is 3. The lowest BCUT2D eigenvalue weighted by Gasteiger charge is -2.62. The topological polar surface area (TPSA) is 101 Å². The lowest BCUT2D eigenvalue weighted by molar-refractivity contribution is -0.228. The molecule has 4 aliphatic rings. The smallest absolute Gasteiger partial charge is 0.306 e. The van der Waals surface area contributed by atoms with Gasteiger partial charge < -0.3 is 14.9 Å². The zero-order valence-electron chi connectivity index (χ0n) is 20.6. The monoisotopic (exact) mass is 476 g/mol. The summed E-state index contributed by atoms with van der Waals surface area (Å²) >= 11 is 0. The van der Waals surface area contributed by atoms with Crippen molar-refractivity contribution in [1.82, 2.24) is 0 Å². The summed E-state index contributed by atoms with van der Waals surface area (Å²) < 4.78 is 23.3. The van der Waals surface area contributed by atoms with Crippen molar-refractivity contribution < 1.29 is 33.7 Å². The second kappa shape index (κ2) is 8.37. The van der Waals surface area contributed by atoms with Crippen LogP contribution in [0.2, 0.25) is 0 Å². The van der Waals surface area contributed by atoms with Gasteiger partial charge in [0.2, 0.25) is 5.78 Å². The van der Waals surface area contributed by atoms with Crippen LogP contribution in [0, 0.1) is 28.6 Å². The lowest BCUT2D eigenvalue weighted by Crippen LogP contribution is -2.70. The van der Waals surface area contributed by atoms with Crippen LogP contribution < -0.4 is 0 Å². The number of ether oxygens (including phenoxy) is 1. The Balaban J connectivity index is 1.80. The highest BCUT2D eigenvalue weighted by molar-refractivity contribution is 6.01. The van der Waals surface area contributed by atoms with Crippen molar-refractivity contribution in [3.05, 3.63) is 23.8 Å². The molecule has 0 spiro atoms. The van der Waals surface area contributed by atoms with Gasteiger partial charge in [-0.25, -0.2) is 4.39 Å². The van der Waals surface area contributed by atoms with Gasteiger partial charge in [-0.1, -0.05) is 38.8 Å². The van der Waals surface area contributed by atoms with Crippen LogP contribution >= 0.6 is 0 Å². The molecule has 3 saturated carbocycles. The molecule has 3 fully saturated rings. The van der Waals surface area contributed by atoms with Crippen LogP contribution in [-0.2, 0) is 19.1 Å². The third-order valence-corrected chi connectivity index (χ3v) is 9.75. The predicted molar refractivity (Wildman–Crippen MR) is 123 cm³/mol. The average molecular weight is 477 g/mol. The van der Waals surface area contributed by atoms with Gasteiger partial charge in [0.05, 0.1) is 6.10 Å². The van der Waals surface area contributed by atoms with E-state index in [2.05, 4.69) is 0 Å². The number of carbonyl (C=O) groups is 3. The summed E-state index contributed by atoms with van der Waals surface area (Å²) in [5.41, 5.74) is -5.11. The van der Waals surface area contributed by atoms with Crippen LogP contribution in [0.25, 0.3) is 0 Å². The minimum absolute atomic E-state index is 0.0769. The summed E-state index contributed by atoms with van der Waals surface area (Å²) in [5, 5.41) is 21.4. The minimum atomic E-state index is -2.03. The first-order valence-electron chi connectivity index (χ1n) is 12.6. The van der Waals surface area contributed by atoms with E-state index in [1.54, 1.807) is 13.0 Å². The number of alkyl halides is 1. The van der Waals surface area contributed by atoms with E-state index in [-0.39, 0.29) is 24.5 Å². The molecule has 8 atom stereocenters. The van der Waals surface area contributed by atoms with Gasteiger partial charge in [0.25, 0.3) is 0 Å². The number of esters is 1. The molecular formula is C27H37FO6. The summed E-state index contributed by atoms with van der Waals surface area (Å²) in [4.78, 5) is 38.1. The molecule has 0 amide bonds. The van der Waals surface area contributed by atoms with E-state index in [9.17, 15) is 24.6 Å². The molecule has 188 valence electrons. The van der Waals surface area contributed by atoms with E-state index in [4.69, 9.17) is 4.74 Å². The summed E-state index contributed by atoms with van der Waals surface area (Å²) in [6.07, 6.45) is 5.92. The summed E-state index contributed by atoms with van der Waals surface area (Å²) in [5.74, 6) is -2.62. The maximum absolute atomic E-state index is 17.3. The summed E-state index contributed by atoms with van der Waals surface area (Å²) in [6, 6.07) is 0. The summed E-state index contributed by atoms with van der Waals surface area (Å²) in [6.45, 7) is 6.55. The number of hydrogen-bond acceptors (Lipinski definition) is 6. The van der Waals surface area contributed by atoms with Gasteiger partial charge in [-0.15, -0.1) is 0 Å². The lowest BCUT2D eigenvalue weighted by atomic mass is 9.44. The van der Waals surface area contributed by atoms with Crippen LogP contribution in [0.1, 0.15) is 72.6 Å². The number of rotatable bonds is 6. The number of ketones is 2. The molecule has 0 bridgehead atoms. The molecule has 34 heavy (non-hydrogen) atoms. The highest BCUT2D eigenvalue weighted by atomic mass is 19.1. The van der Waals surface area contributed by atoms with E-state index < -0.39 is 58.4 Å². The second-order valence-corrected chi connectivity index (χ2v) is 11.3.